The number of aryl methyl sites for hydroxylation is 2. The van der Waals surface area contributed by atoms with Gasteiger partial charge in [-0.25, -0.2) is 0 Å². The molecule has 5 heteroatoms. The molecule has 4 rings (SSSR count). The Morgan fingerprint density at radius 3 is 2.35 bits per heavy atom. The second-order valence-electron chi connectivity index (χ2n) is 7.84. The number of aldehydes is 1. The van der Waals surface area contributed by atoms with Crippen molar-refractivity contribution < 1.29 is 9.59 Å². The van der Waals surface area contributed by atoms with Crippen LogP contribution >= 0.6 is 0 Å². The third-order valence-corrected chi connectivity index (χ3v) is 5.70. The number of hydrogen-bond acceptors (Lipinski definition) is 3. The van der Waals surface area contributed by atoms with Gasteiger partial charge in [0.25, 0.3) is 5.91 Å². The molecule has 0 saturated carbocycles. The zero-order chi connectivity index (χ0) is 22.0. The molecule has 0 radical (unpaired) electrons. The van der Waals surface area contributed by atoms with Gasteiger partial charge in [-0.2, -0.15) is 5.10 Å². The maximum atomic E-state index is 12.8. The van der Waals surface area contributed by atoms with Crippen LogP contribution in [-0.4, -0.2) is 22.0 Å². The summed E-state index contributed by atoms with van der Waals surface area (Å²) in [6.07, 6.45) is 1.30. The number of fused-ring (bicyclic) bond motifs is 1. The predicted octanol–water partition coefficient (Wildman–Crippen LogP) is 5.00. The number of carbonyl (C=O) groups excluding carboxylic acids is 2. The van der Waals surface area contributed by atoms with E-state index in [1.54, 1.807) is 0 Å². The minimum Gasteiger partial charge on any atom is -0.322 e. The van der Waals surface area contributed by atoms with Crippen molar-refractivity contribution in [3.8, 4) is 0 Å². The number of benzene rings is 3. The van der Waals surface area contributed by atoms with Crippen molar-refractivity contribution in [3.63, 3.8) is 0 Å². The van der Waals surface area contributed by atoms with Crippen molar-refractivity contribution in [1.29, 1.82) is 0 Å². The van der Waals surface area contributed by atoms with E-state index in [1.807, 2.05) is 86.1 Å². The molecule has 5 nitrogen and oxygen atoms in total. The van der Waals surface area contributed by atoms with Gasteiger partial charge in [0.1, 0.15) is 6.29 Å². The SMILES string of the molecule is Cc1cc2ccccc2cc1C(=O)Nc1ccc(Cn2nc(C)c(CC=O)c2C)cc1. The van der Waals surface area contributed by atoms with Gasteiger partial charge in [0.05, 0.1) is 12.2 Å². The van der Waals surface area contributed by atoms with Gasteiger partial charge in [-0.3, -0.25) is 9.48 Å². The molecule has 3 aromatic carbocycles. The summed E-state index contributed by atoms with van der Waals surface area (Å²) in [5.41, 5.74) is 6.33. The van der Waals surface area contributed by atoms with E-state index in [2.05, 4.69) is 10.4 Å². The lowest BCUT2D eigenvalue weighted by molar-refractivity contribution is -0.107. The second kappa shape index (κ2) is 8.56. The van der Waals surface area contributed by atoms with E-state index in [9.17, 15) is 9.59 Å². The molecule has 4 aromatic rings. The molecule has 0 aliphatic rings. The monoisotopic (exact) mass is 411 g/mol. The quantitative estimate of drug-likeness (QED) is 0.454. The first-order valence-electron chi connectivity index (χ1n) is 10.3. The zero-order valence-corrected chi connectivity index (χ0v) is 18.0. The summed E-state index contributed by atoms with van der Waals surface area (Å²) in [5, 5.41) is 9.73. The van der Waals surface area contributed by atoms with Gasteiger partial charge >= 0.3 is 0 Å². The Balaban J connectivity index is 1.49. The highest BCUT2D eigenvalue weighted by Gasteiger charge is 2.13. The topological polar surface area (TPSA) is 64.0 Å². The molecule has 0 fully saturated rings. The molecular formula is C26H25N3O2. The number of rotatable bonds is 6. The van der Waals surface area contributed by atoms with E-state index in [0.717, 1.165) is 50.8 Å². The number of aromatic nitrogens is 2. The average molecular weight is 412 g/mol. The average Bonchev–Trinajstić information content (AvgIpc) is 3.02. The van der Waals surface area contributed by atoms with Crippen molar-refractivity contribution in [2.45, 2.75) is 33.7 Å². The van der Waals surface area contributed by atoms with Crippen LogP contribution in [0.1, 0.15) is 38.4 Å². The largest absolute Gasteiger partial charge is 0.322 e. The Bertz CT molecular complexity index is 1270. The molecule has 31 heavy (non-hydrogen) atoms. The fourth-order valence-electron chi connectivity index (χ4n) is 3.93. The first-order chi connectivity index (χ1) is 15.0. The first kappa shape index (κ1) is 20.5. The van der Waals surface area contributed by atoms with Crippen LogP contribution < -0.4 is 5.32 Å². The fraction of sp³-hybridized carbons (Fsp3) is 0.192. The number of carbonyl (C=O) groups is 2. The molecule has 1 aromatic heterocycles. The Hall–Kier alpha value is -3.73. The number of nitrogens with zero attached hydrogens (tertiary/aromatic N) is 2. The number of nitrogens with one attached hydrogen (secondary N) is 1. The van der Waals surface area contributed by atoms with Gasteiger partial charge in [0, 0.05) is 28.9 Å². The van der Waals surface area contributed by atoms with E-state index in [-0.39, 0.29) is 5.91 Å². The summed E-state index contributed by atoms with van der Waals surface area (Å²) in [5.74, 6) is -0.118. The maximum absolute atomic E-state index is 12.8. The highest BCUT2D eigenvalue weighted by atomic mass is 16.1. The van der Waals surface area contributed by atoms with Crippen LogP contribution in [0.15, 0.2) is 60.7 Å². The lowest BCUT2D eigenvalue weighted by atomic mass is 10.0. The Kier molecular flexibility index (Phi) is 5.67. The molecule has 0 aliphatic carbocycles. The van der Waals surface area contributed by atoms with E-state index >= 15 is 0 Å². The van der Waals surface area contributed by atoms with Crippen LogP contribution in [0.3, 0.4) is 0 Å². The Morgan fingerprint density at radius 2 is 1.68 bits per heavy atom. The minimum absolute atomic E-state index is 0.118. The van der Waals surface area contributed by atoms with Crippen molar-refractivity contribution in [1.82, 2.24) is 9.78 Å². The van der Waals surface area contributed by atoms with Gasteiger partial charge in [0.2, 0.25) is 0 Å². The van der Waals surface area contributed by atoms with E-state index in [4.69, 9.17) is 0 Å². The molecule has 0 atom stereocenters. The standard InChI is InChI=1S/C26H25N3O2/c1-17-14-21-6-4-5-7-22(21)15-25(17)26(31)27-23-10-8-20(9-11-23)16-29-19(3)24(12-13-30)18(2)28-29/h4-11,13-15H,12,16H2,1-3H3,(H,27,31). The molecule has 0 spiro atoms. The molecule has 0 unspecified atom stereocenters. The summed E-state index contributed by atoms with van der Waals surface area (Å²) >= 11 is 0. The second-order valence-corrected chi connectivity index (χ2v) is 7.84. The first-order valence-corrected chi connectivity index (χ1v) is 10.3. The molecule has 1 heterocycles. The highest BCUT2D eigenvalue weighted by molar-refractivity contribution is 6.07. The fourth-order valence-corrected chi connectivity index (χ4v) is 3.93. The summed E-state index contributed by atoms with van der Waals surface area (Å²) in [4.78, 5) is 23.7. The molecule has 0 bridgehead atoms. The molecule has 0 aliphatic heterocycles. The molecule has 1 amide bonds. The summed E-state index contributed by atoms with van der Waals surface area (Å²) in [6.45, 7) is 6.48. The van der Waals surface area contributed by atoms with Gasteiger partial charge in [-0.05, 0) is 60.9 Å². The van der Waals surface area contributed by atoms with Crippen LogP contribution in [-0.2, 0) is 17.8 Å². The lowest BCUT2D eigenvalue weighted by Crippen LogP contribution is -2.13. The summed E-state index contributed by atoms with van der Waals surface area (Å²) in [6, 6.07) is 19.8. The molecule has 156 valence electrons. The smallest absolute Gasteiger partial charge is 0.255 e. The van der Waals surface area contributed by atoms with Crippen LogP contribution in [0.25, 0.3) is 10.8 Å². The predicted molar refractivity (Wildman–Crippen MR) is 124 cm³/mol. The molecule has 1 N–H and O–H groups in total. The minimum atomic E-state index is -0.118. The maximum Gasteiger partial charge on any atom is 0.255 e. The third kappa shape index (κ3) is 4.26. The number of hydrogen-bond donors (Lipinski definition) is 1. The van der Waals surface area contributed by atoms with Crippen LogP contribution in [0.5, 0.6) is 0 Å². The van der Waals surface area contributed by atoms with Gasteiger partial charge in [-0.15, -0.1) is 0 Å². The van der Waals surface area contributed by atoms with E-state index in [0.29, 0.717) is 18.5 Å². The zero-order valence-electron chi connectivity index (χ0n) is 18.0. The summed E-state index contributed by atoms with van der Waals surface area (Å²) in [7, 11) is 0. The van der Waals surface area contributed by atoms with Crippen molar-refractivity contribution in [3.05, 3.63) is 94.3 Å². The van der Waals surface area contributed by atoms with Gasteiger partial charge in [-0.1, -0.05) is 42.5 Å². The molecule has 0 saturated heterocycles. The lowest BCUT2D eigenvalue weighted by Gasteiger charge is -2.11. The third-order valence-electron chi connectivity index (χ3n) is 5.70. The Labute approximate surface area is 181 Å². The molecular weight excluding hydrogens is 386 g/mol. The number of anilines is 1. The van der Waals surface area contributed by atoms with Crippen LogP contribution in [0, 0.1) is 20.8 Å². The normalized spacial score (nSPS) is 10.9. The van der Waals surface area contributed by atoms with Gasteiger partial charge in [0.15, 0.2) is 0 Å². The van der Waals surface area contributed by atoms with Gasteiger partial charge < -0.3 is 10.1 Å². The van der Waals surface area contributed by atoms with E-state index in [1.165, 1.54) is 0 Å². The van der Waals surface area contributed by atoms with Crippen LogP contribution in [0.4, 0.5) is 5.69 Å². The number of amides is 1. The van der Waals surface area contributed by atoms with Crippen molar-refractivity contribution in [2.24, 2.45) is 0 Å². The van der Waals surface area contributed by atoms with E-state index < -0.39 is 0 Å². The Morgan fingerprint density at radius 1 is 1.00 bits per heavy atom. The van der Waals surface area contributed by atoms with Crippen LogP contribution in [0.2, 0.25) is 0 Å². The summed E-state index contributed by atoms with van der Waals surface area (Å²) < 4.78 is 1.92. The van der Waals surface area contributed by atoms with Crippen molar-refractivity contribution in [2.75, 3.05) is 5.32 Å². The highest BCUT2D eigenvalue weighted by Crippen LogP contribution is 2.21. The van der Waals surface area contributed by atoms with Crippen molar-refractivity contribution >= 4 is 28.7 Å².